The Hall–Kier alpha value is -2.08. The molecule has 5 nitrogen and oxygen atoms in total. The van der Waals surface area contributed by atoms with Crippen molar-refractivity contribution in [1.29, 1.82) is 0 Å². The van der Waals surface area contributed by atoms with Crippen LogP contribution in [0.5, 0.6) is 5.75 Å². The fourth-order valence-corrected chi connectivity index (χ4v) is 3.54. The van der Waals surface area contributed by atoms with Gasteiger partial charge in [-0.25, -0.2) is 0 Å². The molecule has 0 unspecified atom stereocenters. The van der Waals surface area contributed by atoms with Gasteiger partial charge in [-0.1, -0.05) is 24.3 Å². The van der Waals surface area contributed by atoms with E-state index in [2.05, 4.69) is 17.4 Å². The van der Waals surface area contributed by atoms with Crippen molar-refractivity contribution >= 4 is 18.3 Å². The fraction of sp³-hybridized carbons (Fsp3) is 0.409. The SMILES string of the molecule is CCOc1ccc(C2(CNC(=O)c3ccc(CN)cc3)CCOCC2)cc1.Cl. The highest BCUT2D eigenvalue weighted by molar-refractivity contribution is 5.94. The fourth-order valence-electron chi connectivity index (χ4n) is 3.54. The van der Waals surface area contributed by atoms with Crippen LogP contribution in [0.3, 0.4) is 0 Å². The zero-order valence-electron chi connectivity index (χ0n) is 16.3. The smallest absolute Gasteiger partial charge is 0.251 e. The van der Waals surface area contributed by atoms with Gasteiger partial charge in [0.05, 0.1) is 6.61 Å². The number of ether oxygens (including phenoxy) is 2. The lowest BCUT2D eigenvalue weighted by Crippen LogP contribution is -2.44. The highest BCUT2D eigenvalue weighted by atomic mass is 35.5. The molecule has 152 valence electrons. The first-order valence-electron chi connectivity index (χ1n) is 9.55. The number of halogens is 1. The van der Waals surface area contributed by atoms with Crippen LogP contribution in [0.2, 0.25) is 0 Å². The summed E-state index contributed by atoms with van der Waals surface area (Å²) in [5.74, 6) is 0.808. The second-order valence-corrected chi connectivity index (χ2v) is 6.93. The number of carbonyl (C=O) groups excluding carboxylic acids is 1. The van der Waals surface area contributed by atoms with Crippen molar-refractivity contribution in [1.82, 2.24) is 5.32 Å². The van der Waals surface area contributed by atoms with E-state index in [0.29, 0.717) is 38.5 Å². The summed E-state index contributed by atoms with van der Waals surface area (Å²) in [6, 6.07) is 15.7. The van der Waals surface area contributed by atoms with Gasteiger partial charge in [-0.15, -0.1) is 12.4 Å². The molecular formula is C22H29ClN2O3. The Labute approximate surface area is 173 Å². The highest BCUT2D eigenvalue weighted by Gasteiger charge is 2.35. The molecule has 0 aliphatic carbocycles. The molecule has 3 rings (SSSR count). The van der Waals surface area contributed by atoms with Gasteiger partial charge in [0, 0.05) is 37.3 Å². The van der Waals surface area contributed by atoms with Gasteiger partial charge in [0.1, 0.15) is 5.75 Å². The van der Waals surface area contributed by atoms with Crippen LogP contribution in [0.1, 0.15) is 41.3 Å². The molecule has 1 aliphatic heterocycles. The first-order valence-corrected chi connectivity index (χ1v) is 9.55. The molecule has 0 spiro atoms. The number of nitrogens with one attached hydrogen (secondary N) is 1. The third-order valence-electron chi connectivity index (χ3n) is 5.27. The lowest BCUT2D eigenvalue weighted by molar-refractivity contribution is 0.0487. The van der Waals surface area contributed by atoms with Gasteiger partial charge in [0.25, 0.3) is 5.91 Å². The third-order valence-corrected chi connectivity index (χ3v) is 5.27. The second kappa shape index (κ2) is 10.5. The average molecular weight is 405 g/mol. The molecule has 6 heteroatoms. The Bertz CT molecular complexity index is 741. The van der Waals surface area contributed by atoms with Crippen LogP contribution in [0, 0.1) is 0 Å². The first-order chi connectivity index (χ1) is 13.2. The highest BCUT2D eigenvalue weighted by Crippen LogP contribution is 2.35. The van der Waals surface area contributed by atoms with Crippen LogP contribution in [0.25, 0.3) is 0 Å². The van der Waals surface area contributed by atoms with Crippen molar-refractivity contribution in [2.75, 3.05) is 26.4 Å². The molecule has 28 heavy (non-hydrogen) atoms. The van der Waals surface area contributed by atoms with E-state index in [0.717, 1.165) is 24.2 Å². The molecule has 2 aromatic carbocycles. The molecule has 3 N–H and O–H groups in total. The Balaban J connectivity index is 0.00000280. The zero-order valence-corrected chi connectivity index (χ0v) is 17.1. The summed E-state index contributed by atoms with van der Waals surface area (Å²) < 4.78 is 11.1. The molecule has 1 saturated heterocycles. The summed E-state index contributed by atoms with van der Waals surface area (Å²) in [5, 5.41) is 3.13. The van der Waals surface area contributed by atoms with E-state index >= 15 is 0 Å². The topological polar surface area (TPSA) is 73.6 Å². The maximum Gasteiger partial charge on any atom is 0.251 e. The van der Waals surface area contributed by atoms with Gasteiger partial charge in [-0.05, 0) is 55.2 Å². The molecule has 0 atom stereocenters. The number of amides is 1. The van der Waals surface area contributed by atoms with Crippen LogP contribution < -0.4 is 15.8 Å². The molecule has 0 saturated carbocycles. The number of hydrogen-bond donors (Lipinski definition) is 2. The molecule has 0 radical (unpaired) electrons. The van der Waals surface area contributed by atoms with Crippen LogP contribution in [-0.4, -0.2) is 32.3 Å². The van der Waals surface area contributed by atoms with Crippen LogP contribution in [0.4, 0.5) is 0 Å². The Morgan fingerprint density at radius 2 is 1.75 bits per heavy atom. The van der Waals surface area contributed by atoms with Crippen molar-refractivity contribution in [3.05, 3.63) is 65.2 Å². The van der Waals surface area contributed by atoms with Gasteiger partial charge in [-0.2, -0.15) is 0 Å². The Morgan fingerprint density at radius 1 is 1.11 bits per heavy atom. The van der Waals surface area contributed by atoms with E-state index in [1.807, 2.05) is 43.3 Å². The lowest BCUT2D eigenvalue weighted by atomic mass is 9.74. The minimum Gasteiger partial charge on any atom is -0.494 e. The minimum atomic E-state index is -0.115. The predicted molar refractivity (Wildman–Crippen MR) is 113 cm³/mol. The van der Waals surface area contributed by atoms with E-state index in [1.165, 1.54) is 5.56 Å². The second-order valence-electron chi connectivity index (χ2n) is 6.93. The van der Waals surface area contributed by atoms with Gasteiger partial charge in [0.2, 0.25) is 0 Å². The average Bonchev–Trinajstić information content (AvgIpc) is 2.73. The summed E-state index contributed by atoms with van der Waals surface area (Å²) in [6.07, 6.45) is 1.76. The van der Waals surface area contributed by atoms with E-state index in [-0.39, 0.29) is 23.7 Å². The van der Waals surface area contributed by atoms with E-state index in [9.17, 15) is 4.79 Å². The van der Waals surface area contributed by atoms with E-state index < -0.39 is 0 Å². The standard InChI is InChI=1S/C22H28N2O3.ClH/c1-2-27-20-9-7-19(8-10-20)22(11-13-26-14-12-22)16-24-21(25)18-5-3-17(15-23)4-6-18;/h3-10H,2,11-16,23H2,1H3,(H,24,25);1H. The number of carbonyl (C=O) groups is 1. The van der Waals surface area contributed by atoms with E-state index in [1.54, 1.807) is 0 Å². The molecule has 0 bridgehead atoms. The summed E-state index contributed by atoms with van der Waals surface area (Å²) in [7, 11) is 0. The third kappa shape index (κ3) is 5.25. The lowest BCUT2D eigenvalue weighted by Gasteiger charge is -2.38. The van der Waals surface area contributed by atoms with Gasteiger partial charge < -0.3 is 20.5 Å². The summed E-state index contributed by atoms with van der Waals surface area (Å²) in [6.45, 7) is 5.09. The molecule has 0 aromatic heterocycles. The normalized spacial score (nSPS) is 15.4. The summed E-state index contributed by atoms with van der Waals surface area (Å²) in [4.78, 5) is 12.6. The number of rotatable bonds is 7. The molecular weight excluding hydrogens is 376 g/mol. The molecule has 1 fully saturated rings. The maximum atomic E-state index is 12.6. The summed E-state index contributed by atoms with van der Waals surface area (Å²) in [5.41, 5.74) is 8.39. The van der Waals surface area contributed by atoms with E-state index in [4.69, 9.17) is 15.2 Å². The number of nitrogens with two attached hydrogens (primary N) is 1. The molecule has 1 heterocycles. The maximum absolute atomic E-state index is 12.6. The predicted octanol–water partition coefficient (Wildman–Crippen LogP) is 3.44. The Kier molecular flexibility index (Phi) is 8.30. The Morgan fingerprint density at radius 3 is 2.32 bits per heavy atom. The van der Waals surface area contributed by atoms with Gasteiger partial charge >= 0.3 is 0 Å². The molecule has 1 aliphatic rings. The monoisotopic (exact) mass is 404 g/mol. The van der Waals surface area contributed by atoms with Gasteiger partial charge in [0.15, 0.2) is 0 Å². The molecule has 2 aromatic rings. The number of hydrogen-bond acceptors (Lipinski definition) is 4. The quantitative estimate of drug-likeness (QED) is 0.741. The van der Waals surface area contributed by atoms with Crippen LogP contribution >= 0.6 is 12.4 Å². The largest absolute Gasteiger partial charge is 0.494 e. The molecule has 1 amide bonds. The minimum absolute atomic E-state index is 0. The number of benzene rings is 2. The first kappa shape index (κ1) is 22.2. The van der Waals surface area contributed by atoms with Crippen molar-refractivity contribution in [2.24, 2.45) is 5.73 Å². The van der Waals surface area contributed by atoms with Crippen molar-refractivity contribution in [3.63, 3.8) is 0 Å². The van der Waals surface area contributed by atoms with Gasteiger partial charge in [-0.3, -0.25) is 4.79 Å². The zero-order chi connectivity index (χ0) is 19.1. The van der Waals surface area contributed by atoms with Crippen LogP contribution in [0.15, 0.2) is 48.5 Å². The van der Waals surface area contributed by atoms with Crippen molar-refractivity contribution in [3.8, 4) is 5.75 Å². The van der Waals surface area contributed by atoms with Crippen molar-refractivity contribution < 1.29 is 14.3 Å². The summed E-state index contributed by atoms with van der Waals surface area (Å²) >= 11 is 0. The van der Waals surface area contributed by atoms with Crippen LogP contribution in [-0.2, 0) is 16.7 Å². The van der Waals surface area contributed by atoms with Crippen molar-refractivity contribution in [2.45, 2.75) is 31.7 Å².